The van der Waals surface area contributed by atoms with Crippen LogP contribution >= 0.6 is 31.9 Å². The molecular weight excluding hydrogens is 402 g/mol. The molecule has 0 aliphatic rings. The molecular formula is C14H15Br2N3O2. The summed E-state index contributed by atoms with van der Waals surface area (Å²) < 4.78 is 8.77. The van der Waals surface area contributed by atoms with Gasteiger partial charge in [-0.05, 0) is 48.0 Å². The molecule has 0 saturated carbocycles. The zero-order chi connectivity index (χ0) is 15.6. The summed E-state index contributed by atoms with van der Waals surface area (Å²) in [7, 11) is 0. The van der Waals surface area contributed by atoms with Crippen LogP contribution in [0.3, 0.4) is 0 Å². The molecule has 0 radical (unpaired) electrons. The normalized spacial score (nSPS) is 10.7. The molecule has 7 heteroatoms. The van der Waals surface area contributed by atoms with Crippen LogP contribution in [0.1, 0.15) is 28.7 Å². The first kappa shape index (κ1) is 16.0. The Morgan fingerprint density at radius 2 is 2.10 bits per heavy atom. The molecule has 1 aromatic carbocycles. The van der Waals surface area contributed by atoms with Crippen LogP contribution in [-0.2, 0) is 17.9 Å². The molecule has 0 unspecified atom stereocenters. The van der Waals surface area contributed by atoms with Crippen molar-refractivity contribution >= 4 is 43.5 Å². The molecule has 0 amide bonds. The Kier molecular flexibility index (Phi) is 5.05. The van der Waals surface area contributed by atoms with Crippen molar-refractivity contribution in [1.29, 1.82) is 0 Å². The number of esters is 1. The highest BCUT2D eigenvalue weighted by Crippen LogP contribution is 2.23. The second-order valence-corrected chi connectivity index (χ2v) is 6.22. The number of aromatic nitrogens is 2. The number of rotatable bonds is 4. The lowest BCUT2D eigenvalue weighted by Crippen LogP contribution is -2.10. The summed E-state index contributed by atoms with van der Waals surface area (Å²) in [6.45, 7) is 4.75. The van der Waals surface area contributed by atoms with Crippen LogP contribution in [0.2, 0.25) is 0 Å². The second-order valence-electron chi connectivity index (χ2n) is 4.51. The van der Waals surface area contributed by atoms with Crippen LogP contribution in [0, 0.1) is 6.92 Å². The average Bonchev–Trinajstić information content (AvgIpc) is 2.70. The molecule has 5 nitrogen and oxygen atoms in total. The highest BCUT2D eigenvalue weighted by Gasteiger charge is 2.15. The van der Waals surface area contributed by atoms with E-state index in [2.05, 4.69) is 37.0 Å². The van der Waals surface area contributed by atoms with Crippen molar-refractivity contribution in [3.05, 3.63) is 44.1 Å². The first-order chi connectivity index (χ1) is 9.92. The number of aryl methyl sites for hydroxylation is 2. The van der Waals surface area contributed by atoms with Crippen LogP contribution in [-0.4, -0.2) is 15.7 Å². The number of carbonyl (C=O) groups is 1. The predicted octanol–water partition coefficient (Wildman–Crippen LogP) is 3.68. The SMILES string of the molecule is CCn1nc(C)c(Br)c1COC(=O)c1cc(N)cc(Br)c1. The van der Waals surface area contributed by atoms with Crippen LogP contribution in [0.15, 0.2) is 27.1 Å². The minimum Gasteiger partial charge on any atom is -0.456 e. The molecule has 1 aromatic heterocycles. The molecule has 0 saturated heterocycles. The van der Waals surface area contributed by atoms with Crippen molar-refractivity contribution in [3.8, 4) is 0 Å². The van der Waals surface area contributed by atoms with Gasteiger partial charge in [-0.3, -0.25) is 4.68 Å². The molecule has 2 N–H and O–H groups in total. The van der Waals surface area contributed by atoms with Gasteiger partial charge >= 0.3 is 5.97 Å². The number of carbonyl (C=O) groups excluding carboxylic acids is 1. The van der Waals surface area contributed by atoms with E-state index in [0.29, 0.717) is 17.8 Å². The summed E-state index contributed by atoms with van der Waals surface area (Å²) in [5.41, 5.74) is 8.35. The monoisotopic (exact) mass is 415 g/mol. The van der Waals surface area contributed by atoms with E-state index in [9.17, 15) is 4.79 Å². The summed E-state index contributed by atoms with van der Waals surface area (Å²) in [4.78, 5) is 12.1. The van der Waals surface area contributed by atoms with E-state index < -0.39 is 5.97 Å². The van der Waals surface area contributed by atoms with Gasteiger partial charge in [-0.2, -0.15) is 5.10 Å². The standard InChI is InChI=1S/C14H15Br2N3O2/c1-3-19-12(13(16)8(2)18-19)7-21-14(20)9-4-10(15)6-11(17)5-9/h4-6H,3,7,17H2,1-2H3. The molecule has 1 heterocycles. The van der Waals surface area contributed by atoms with Gasteiger partial charge in [-0.1, -0.05) is 15.9 Å². The summed E-state index contributed by atoms with van der Waals surface area (Å²) in [5, 5.41) is 4.36. The number of hydrogen-bond acceptors (Lipinski definition) is 4. The number of benzene rings is 1. The van der Waals surface area contributed by atoms with Crippen molar-refractivity contribution in [2.45, 2.75) is 27.0 Å². The third-order valence-corrected chi connectivity index (χ3v) is 4.44. The zero-order valence-electron chi connectivity index (χ0n) is 11.7. The number of anilines is 1. The Morgan fingerprint density at radius 3 is 2.71 bits per heavy atom. The number of nitrogens with two attached hydrogens (primary N) is 1. The fourth-order valence-electron chi connectivity index (χ4n) is 1.95. The number of nitrogens with zero attached hydrogens (tertiary/aromatic N) is 2. The molecule has 112 valence electrons. The second kappa shape index (κ2) is 6.62. The van der Waals surface area contributed by atoms with Gasteiger partial charge in [0.05, 0.1) is 21.4 Å². The Balaban J connectivity index is 2.14. The molecule has 0 aliphatic carbocycles. The van der Waals surface area contributed by atoms with Crippen molar-refractivity contribution < 1.29 is 9.53 Å². The minimum atomic E-state index is -0.420. The lowest BCUT2D eigenvalue weighted by atomic mass is 10.2. The lowest BCUT2D eigenvalue weighted by molar-refractivity contribution is 0.0461. The highest BCUT2D eigenvalue weighted by molar-refractivity contribution is 9.10. The Morgan fingerprint density at radius 1 is 1.38 bits per heavy atom. The first-order valence-corrected chi connectivity index (χ1v) is 7.96. The lowest BCUT2D eigenvalue weighted by Gasteiger charge is -2.08. The third kappa shape index (κ3) is 3.65. The van der Waals surface area contributed by atoms with Gasteiger partial charge in [-0.15, -0.1) is 0 Å². The Labute approximate surface area is 139 Å². The van der Waals surface area contributed by atoms with E-state index in [0.717, 1.165) is 20.3 Å². The summed E-state index contributed by atoms with van der Waals surface area (Å²) in [6.07, 6.45) is 0. The van der Waals surface area contributed by atoms with Crippen molar-refractivity contribution in [2.24, 2.45) is 0 Å². The fourth-order valence-corrected chi connectivity index (χ4v) is 2.86. The van der Waals surface area contributed by atoms with Crippen LogP contribution in [0.4, 0.5) is 5.69 Å². The Bertz CT molecular complexity index is 663. The zero-order valence-corrected chi connectivity index (χ0v) is 14.9. The summed E-state index contributed by atoms with van der Waals surface area (Å²) in [6, 6.07) is 4.99. The van der Waals surface area contributed by atoms with Crippen molar-refractivity contribution in [2.75, 3.05) is 5.73 Å². The van der Waals surface area contributed by atoms with E-state index in [-0.39, 0.29) is 6.61 Å². The highest BCUT2D eigenvalue weighted by atomic mass is 79.9. The predicted molar refractivity (Wildman–Crippen MR) is 88.0 cm³/mol. The molecule has 2 aromatic rings. The van der Waals surface area contributed by atoms with Crippen LogP contribution in [0.5, 0.6) is 0 Å². The van der Waals surface area contributed by atoms with Crippen molar-refractivity contribution in [3.63, 3.8) is 0 Å². The van der Waals surface area contributed by atoms with Crippen LogP contribution in [0.25, 0.3) is 0 Å². The average molecular weight is 417 g/mol. The molecule has 0 aliphatic heterocycles. The maximum absolute atomic E-state index is 12.1. The van der Waals surface area contributed by atoms with E-state index in [1.807, 2.05) is 18.5 Å². The molecule has 2 rings (SSSR count). The quantitative estimate of drug-likeness (QED) is 0.609. The number of nitrogen functional groups attached to an aromatic ring is 1. The number of hydrogen-bond donors (Lipinski definition) is 1. The van der Waals surface area contributed by atoms with Gasteiger partial charge in [0.1, 0.15) is 6.61 Å². The summed E-state index contributed by atoms with van der Waals surface area (Å²) in [5.74, 6) is -0.420. The minimum absolute atomic E-state index is 0.153. The molecule has 0 atom stereocenters. The first-order valence-electron chi connectivity index (χ1n) is 6.37. The molecule has 0 spiro atoms. The molecule has 0 bridgehead atoms. The van der Waals surface area contributed by atoms with E-state index in [4.69, 9.17) is 10.5 Å². The third-order valence-electron chi connectivity index (χ3n) is 2.95. The van der Waals surface area contributed by atoms with Gasteiger partial charge in [0.15, 0.2) is 0 Å². The van der Waals surface area contributed by atoms with Gasteiger partial charge in [0.2, 0.25) is 0 Å². The van der Waals surface area contributed by atoms with Gasteiger partial charge in [0.25, 0.3) is 0 Å². The van der Waals surface area contributed by atoms with E-state index >= 15 is 0 Å². The van der Waals surface area contributed by atoms with Crippen LogP contribution < -0.4 is 5.73 Å². The smallest absolute Gasteiger partial charge is 0.338 e. The van der Waals surface area contributed by atoms with E-state index in [1.165, 1.54) is 0 Å². The maximum Gasteiger partial charge on any atom is 0.338 e. The number of halogens is 2. The number of ether oxygens (including phenoxy) is 1. The van der Waals surface area contributed by atoms with Gasteiger partial charge in [-0.25, -0.2) is 4.79 Å². The van der Waals surface area contributed by atoms with E-state index in [1.54, 1.807) is 18.2 Å². The topological polar surface area (TPSA) is 70.1 Å². The maximum atomic E-state index is 12.1. The molecule has 0 fully saturated rings. The summed E-state index contributed by atoms with van der Waals surface area (Å²) >= 11 is 6.77. The van der Waals surface area contributed by atoms with Gasteiger partial charge in [0, 0.05) is 16.7 Å². The fraction of sp³-hybridized carbons (Fsp3) is 0.286. The Hall–Kier alpha value is -1.34. The largest absolute Gasteiger partial charge is 0.456 e. The molecule has 21 heavy (non-hydrogen) atoms. The van der Waals surface area contributed by atoms with Crippen molar-refractivity contribution in [1.82, 2.24) is 9.78 Å². The van der Waals surface area contributed by atoms with Gasteiger partial charge < -0.3 is 10.5 Å².